The minimum Gasteiger partial charge on any atom is -0.491 e. The molecule has 0 spiro atoms. The van der Waals surface area contributed by atoms with Gasteiger partial charge < -0.3 is 14.2 Å². The quantitative estimate of drug-likeness (QED) is 0.256. The van der Waals surface area contributed by atoms with Crippen LogP contribution in [0.25, 0.3) is 0 Å². The van der Waals surface area contributed by atoms with E-state index in [0.29, 0.717) is 25.7 Å². The number of ether oxygens (including phenoxy) is 3. The van der Waals surface area contributed by atoms with Crippen molar-refractivity contribution < 1.29 is 40.6 Å². The van der Waals surface area contributed by atoms with Gasteiger partial charge >= 0.3 is 0 Å². The van der Waals surface area contributed by atoms with Crippen molar-refractivity contribution in [2.24, 2.45) is 0 Å². The number of halogens is 6. The molecule has 0 aliphatic heterocycles. The van der Waals surface area contributed by atoms with E-state index in [1.54, 1.807) is 13.8 Å². The zero-order chi connectivity index (χ0) is 27.4. The fourth-order valence-corrected chi connectivity index (χ4v) is 4.92. The molecule has 0 saturated heterocycles. The van der Waals surface area contributed by atoms with Crippen molar-refractivity contribution in [3.05, 3.63) is 88.0 Å². The molecule has 0 heterocycles. The second-order valence-electron chi connectivity index (χ2n) is 9.12. The van der Waals surface area contributed by atoms with Crippen molar-refractivity contribution in [2.75, 3.05) is 13.2 Å². The molecule has 0 N–H and O–H groups in total. The van der Waals surface area contributed by atoms with Gasteiger partial charge in [-0.1, -0.05) is 12.1 Å². The van der Waals surface area contributed by atoms with Crippen LogP contribution >= 0.6 is 0 Å². The molecule has 0 amide bonds. The number of hydrogen-bond donors (Lipinski definition) is 0. The van der Waals surface area contributed by atoms with E-state index in [4.69, 9.17) is 14.2 Å². The lowest BCUT2D eigenvalue weighted by Gasteiger charge is -2.30. The Kier molecular flexibility index (Phi) is 8.74. The molecule has 0 aromatic heterocycles. The highest BCUT2D eigenvalue weighted by Crippen LogP contribution is 2.43. The molecule has 0 radical (unpaired) electrons. The minimum atomic E-state index is -1.23. The molecule has 1 aliphatic rings. The Morgan fingerprint density at radius 2 is 0.921 bits per heavy atom. The van der Waals surface area contributed by atoms with Gasteiger partial charge in [-0.25, -0.2) is 13.2 Å². The van der Waals surface area contributed by atoms with Gasteiger partial charge in [0, 0.05) is 5.56 Å². The van der Waals surface area contributed by atoms with Gasteiger partial charge in [-0.05, 0) is 86.8 Å². The van der Waals surface area contributed by atoms with Crippen molar-refractivity contribution in [2.45, 2.75) is 58.0 Å². The van der Waals surface area contributed by atoms with E-state index in [0.717, 1.165) is 0 Å². The van der Waals surface area contributed by atoms with Crippen LogP contribution in [0.1, 0.15) is 68.1 Å². The summed E-state index contributed by atoms with van der Waals surface area (Å²) in [5.41, 5.74) is 0.230. The number of benzene rings is 3. The Labute approximate surface area is 217 Å². The van der Waals surface area contributed by atoms with Gasteiger partial charge in [0.25, 0.3) is 0 Å². The van der Waals surface area contributed by atoms with Crippen molar-refractivity contribution in [1.29, 1.82) is 0 Å². The summed E-state index contributed by atoms with van der Waals surface area (Å²) in [5.74, 6) is -8.03. The molecule has 3 aromatic rings. The SMILES string of the molecule is CCOc1ccc(COc2ccc(C3CCC(c4ccc(OCC)c(F)c4F)CC3)c(F)c2F)c(F)c1F. The highest BCUT2D eigenvalue weighted by Gasteiger charge is 2.30. The van der Waals surface area contributed by atoms with Gasteiger partial charge in [-0.2, -0.15) is 13.2 Å². The van der Waals surface area contributed by atoms with Crippen LogP contribution in [0.2, 0.25) is 0 Å². The van der Waals surface area contributed by atoms with Crippen LogP contribution in [0.15, 0.2) is 36.4 Å². The number of rotatable bonds is 9. The molecule has 0 atom stereocenters. The van der Waals surface area contributed by atoms with Crippen molar-refractivity contribution >= 4 is 0 Å². The molecule has 38 heavy (non-hydrogen) atoms. The van der Waals surface area contributed by atoms with E-state index in [-0.39, 0.29) is 53.2 Å². The van der Waals surface area contributed by atoms with Crippen LogP contribution in [0.5, 0.6) is 17.2 Å². The van der Waals surface area contributed by atoms with Gasteiger partial charge in [-0.15, -0.1) is 0 Å². The van der Waals surface area contributed by atoms with Crippen LogP contribution in [0.4, 0.5) is 26.3 Å². The summed E-state index contributed by atoms with van der Waals surface area (Å²) in [4.78, 5) is 0. The summed E-state index contributed by atoms with van der Waals surface area (Å²) in [6, 6.07) is 8.08. The first-order valence-electron chi connectivity index (χ1n) is 12.6. The fourth-order valence-electron chi connectivity index (χ4n) is 4.92. The van der Waals surface area contributed by atoms with Gasteiger partial charge in [0.15, 0.2) is 34.7 Å². The van der Waals surface area contributed by atoms with Crippen LogP contribution in [-0.4, -0.2) is 13.2 Å². The average Bonchev–Trinajstić information content (AvgIpc) is 2.92. The highest BCUT2D eigenvalue weighted by atomic mass is 19.2. The Hall–Kier alpha value is -3.36. The predicted octanol–water partition coefficient (Wildman–Crippen LogP) is 8.34. The standard InChI is InChI=1S/C29H28F6O3/c1-3-36-21-12-9-18(24(30)27(21)33)15-38-23-14-11-20(26(32)29(23)35)17-7-5-16(6-8-17)19-10-13-22(37-4-2)28(34)25(19)31/h9-14,16-17H,3-8,15H2,1-2H3. The lowest BCUT2D eigenvalue weighted by Crippen LogP contribution is -2.15. The summed E-state index contributed by atoms with van der Waals surface area (Å²) >= 11 is 0. The van der Waals surface area contributed by atoms with Gasteiger partial charge in [-0.3, -0.25) is 0 Å². The van der Waals surface area contributed by atoms with Crippen LogP contribution in [-0.2, 0) is 6.61 Å². The Morgan fingerprint density at radius 1 is 0.526 bits per heavy atom. The van der Waals surface area contributed by atoms with Crippen LogP contribution < -0.4 is 14.2 Å². The summed E-state index contributed by atoms with van der Waals surface area (Å²) in [5, 5.41) is 0. The molecule has 1 aliphatic carbocycles. The zero-order valence-corrected chi connectivity index (χ0v) is 21.1. The Balaban J connectivity index is 1.42. The second-order valence-corrected chi connectivity index (χ2v) is 9.12. The van der Waals surface area contributed by atoms with E-state index in [9.17, 15) is 26.3 Å². The largest absolute Gasteiger partial charge is 0.491 e. The van der Waals surface area contributed by atoms with Crippen molar-refractivity contribution in [3.63, 3.8) is 0 Å². The minimum absolute atomic E-state index is 0.141. The third kappa shape index (κ3) is 5.56. The maximum Gasteiger partial charge on any atom is 0.201 e. The zero-order valence-electron chi connectivity index (χ0n) is 21.1. The molecule has 1 fully saturated rings. The first kappa shape index (κ1) is 27.7. The molecule has 3 aromatic carbocycles. The van der Waals surface area contributed by atoms with Gasteiger partial charge in [0.05, 0.1) is 13.2 Å². The number of hydrogen-bond acceptors (Lipinski definition) is 3. The molecule has 3 nitrogen and oxygen atoms in total. The summed E-state index contributed by atoms with van der Waals surface area (Å²) < 4.78 is 102. The molecule has 0 bridgehead atoms. The molecule has 1 saturated carbocycles. The summed E-state index contributed by atoms with van der Waals surface area (Å²) in [7, 11) is 0. The van der Waals surface area contributed by atoms with Gasteiger partial charge in [0.1, 0.15) is 6.61 Å². The third-order valence-corrected chi connectivity index (χ3v) is 6.87. The topological polar surface area (TPSA) is 27.7 Å². The molecule has 9 heteroatoms. The van der Waals surface area contributed by atoms with Crippen LogP contribution in [0.3, 0.4) is 0 Å². The lowest BCUT2D eigenvalue weighted by molar-refractivity contribution is 0.272. The first-order chi connectivity index (χ1) is 18.3. The molecule has 204 valence electrons. The highest BCUT2D eigenvalue weighted by molar-refractivity contribution is 5.36. The molecular weight excluding hydrogens is 510 g/mol. The predicted molar refractivity (Wildman–Crippen MR) is 130 cm³/mol. The van der Waals surface area contributed by atoms with E-state index < -0.39 is 47.3 Å². The summed E-state index contributed by atoms with van der Waals surface area (Å²) in [6.07, 6.45) is 1.84. The van der Waals surface area contributed by atoms with Crippen molar-refractivity contribution in [3.8, 4) is 17.2 Å². The second kappa shape index (κ2) is 12.0. The maximum absolute atomic E-state index is 15.0. The summed E-state index contributed by atoms with van der Waals surface area (Å²) in [6.45, 7) is 3.16. The average molecular weight is 539 g/mol. The van der Waals surface area contributed by atoms with E-state index in [1.165, 1.54) is 36.4 Å². The van der Waals surface area contributed by atoms with Crippen molar-refractivity contribution in [1.82, 2.24) is 0 Å². The molecule has 4 rings (SSSR count). The van der Waals surface area contributed by atoms with E-state index in [1.807, 2.05) is 0 Å². The Bertz CT molecular complexity index is 1290. The molecule has 0 unspecified atom stereocenters. The maximum atomic E-state index is 15.0. The van der Waals surface area contributed by atoms with Gasteiger partial charge in [0.2, 0.25) is 17.5 Å². The smallest absolute Gasteiger partial charge is 0.201 e. The monoisotopic (exact) mass is 538 g/mol. The normalized spacial score (nSPS) is 17.4. The first-order valence-corrected chi connectivity index (χ1v) is 12.6. The van der Waals surface area contributed by atoms with E-state index >= 15 is 0 Å². The third-order valence-electron chi connectivity index (χ3n) is 6.87. The fraction of sp³-hybridized carbons (Fsp3) is 0.379. The van der Waals surface area contributed by atoms with E-state index in [2.05, 4.69) is 0 Å². The van der Waals surface area contributed by atoms with Crippen LogP contribution in [0, 0.1) is 34.9 Å². The lowest BCUT2D eigenvalue weighted by atomic mass is 9.76. The Morgan fingerprint density at radius 3 is 1.37 bits per heavy atom. The molecular formula is C29H28F6O3.